The Morgan fingerprint density at radius 3 is 2.83 bits per heavy atom. The van der Waals surface area contributed by atoms with E-state index < -0.39 is 0 Å². The predicted molar refractivity (Wildman–Crippen MR) is 44.8 cm³/mol. The van der Waals surface area contributed by atoms with Crippen molar-refractivity contribution >= 4 is 6.09 Å². The molecule has 2 fully saturated rings. The number of rotatable bonds is 3. The standard InChI is InChI=1S/C9H15NO2/c1-2-5-9(7-3-4-7)6-10-8(11)12-9/h7H,2-6H2,1H3,(H,10,11). The molecule has 1 N–H and O–H groups in total. The summed E-state index contributed by atoms with van der Waals surface area (Å²) in [6.07, 6.45) is 4.33. The van der Waals surface area contributed by atoms with Crippen LogP contribution in [-0.2, 0) is 4.74 Å². The van der Waals surface area contributed by atoms with Crippen LogP contribution in [0.1, 0.15) is 32.6 Å². The highest BCUT2D eigenvalue weighted by molar-refractivity contribution is 5.70. The van der Waals surface area contributed by atoms with Gasteiger partial charge < -0.3 is 10.1 Å². The fraction of sp³-hybridized carbons (Fsp3) is 0.889. The molecule has 1 saturated heterocycles. The zero-order chi connectivity index (χ0) is 8.60. The van der Waals surface area contributed by atoms with Gasteiger partial charge in [0.15, 0.2) is 0 Å². The van der Waals surface area contributed by atoms with Crippen LogP contribution in [0.25, 0.3) is 0 Å². The predicted octanol–water partition coefficient (Wildman–Crippen LogP) is 1.68. The molecule has 1 saturated carbocycles. The van der Waals surface area contributed by atoms with Gasteiger partial charge in [-0.3, -0.25) is 0 Å². The van der Waals surface area contributed by atoms with Gasteiger partial charge in [0.1, 0.15) is 5.60 Å². The van der Waals surface area contributed by atoms with Crippen LogP contribution in [0.3, 0.4) is 0 Å². The molecule has 2 rings (SSSR count). The first-order valence-corrected chi connectivity index (χ1v) is 4.74. The molecule has 3 nitrogen and oxygen atoms in total. The Kier molecular flexibility index (Phi) is 1.74. The van der Waals surface area contributed by atoms with E-state index in [1.54, 1.807) is 0 Å². The lowest BCUT2D eigenvalue weighted by Gasteiger charge is -2.25. The molecule has 1 aliphatic carbocycles. The van der Waals surface area contributed by atoms with Crippen LogP contribution in [0.2, 0.25) is 0 Å². The normalized spacial score (nSPS) is 34.6. The molecule has 0 aromatic carbocycles. The average molecular weight is 169 g/mol. The van der Waals surface area contributed by atoms with E-state index in [4.69, 9.17) is 4.74 Å². The van der Waals surface area contributed by atoms with Crippen LogP contribution in [0.5, 0.6) is 0 Å². The van der Waals surface area contributed by atoms with E-state index in [1.807, 2.05) is 0 Å². The molecule has 0 bridgehead atoms. The quantitative estimate of drug-likeness (QED) is 0.698. The number of hydrogen-bond donors (Lipinski definition) is 1. The molecule has 12 heavy (non-hydrogen) atoms. The molecule has 0 spiro atoms. The van der Waals surface area contributed by atoms with Crippen LogP contribution in [0, 0.1) is 5.92 Å². The van der Waals surface area contributed by atoms with Gasteiger partial charge in [-0.05, 0) is 19.3 Å². The second kappa shape index (κ2) is 2.64. The average Bonchev–Trinajstić information content (AvgIpc) is 2.80. The third-order valence-electron chi connectivity index (χ3n) is 2.82. The lowest BCUT2D eigenvalue weighted by molar-refractivity contribution is 0.0302. The Hall–Kier alpha value is -0.730. The maximum absolute atomic E-state index is 10.9. The number of ether oxygens (including phenoxy) is 1. The molecule has 1 unspecified atom stereocenters. The van der Waals surface area contributed by atoms with Crippen molar-refractivity contribution < 1.29 is 9.53 Å². The smallest absolute Gasteiger partial charge is 0.407 e. The van der Waals surface area contributed by atoms with Crippen molar-refractivity contribution in [3.05, 3.63) is 0 Å². The van der Waals surface area contributed by atoms with Crippen molar-refractivity contribution in [1.29, 1.82) is 0 Å². The van der Waals surface area contributed by atoms with Crippen molar-refractivity contribution in [2.75, 3.05) is 6.54 Å². The van der Waals surface area contributed by atoms with Gasteiger partial charge in [-0.2, -0.15) is 0 Å². The summed E-state index contributed by atoms with van der Waals surface area (Å²) < 4.78 is 5.36. The van der Waals surface area contributed by atoms with Gasteiger partial charge in [0.25, 0.3) is 0 Å². The summed E-state index contributed by atoms with van der Waals surface area (Å²) in [7, 11) is 0. The SMILES string of the molecule is CCCC1(C2CC2)CNC(=O)O1. The first-order chi connectivity index (χ1) is 5.77. The van der Waals surface area contributed by atoms with E-state index in [2.05, 4.69) is 12.2 Å². The van der Waals surface area contributed by atoms with Gasteiger partial charge in [-0.25, -0.2) is 4.79 Å². The number of amides is 1. The Morgan fingerprint density at radius 2 is 2.42 bits per heavy atom. The zero-order valence-electron chi connectivity index (χ0n) is 7.43. The fourth-order valence-corrected chi connectivity index (χ4v) is 2.08. The molecule has 1 heterocycles. The molecule has 1 amide bonds. The van der Waals surface area contributed by atoms with Crippen LogP contribution in [0.4, 0.5) is 4.79 Å². The lowest BCUT2D eigenvalue weighted by Crippen LogP contribution is -2.35. The Balaban J connectivity index is 2.06. The Morgan fingerprint density at radius 1 is 1.67 bits per heavy atom. The Labute approximate surface area is 72.5 Å². The first-order valence-electron chi connectivity index (χ1n) is 4.74. The van der Waals surface area contributed by atoms with Gasteiger partial charge in [0, 0.05) is 5.92 Å². The van der Waals surface area contributed by atoms with E-state index in [0.29, 0.717) is 5.92 Å². The van der Waals surface area contributed by atoms with Crippen molar-refractivity contribution in [2.24, 2.45) is 5.92 Å². The summed E-state index contributed by atoms with van der Waals surface area (Å²) in [4.78, 5) is 10.9. The molecule has 1 aliphatic heterocycles. The first kappa shape index (κ1) is 7.90. The monoisotopic (exact) mass is 169 g/mol. The highest BCUT2D eigenvalue weighted by Gasteiger charge is 2.51. The third kappa shape index (κ3) is 1.17. The van der Waals surface area contributed by atoms with E-state index in [-0.39, 0.29) is 11.7 Å². The van der Waals surface area contributed by atoms with Crippen LogP contribution < -0.4 is 5.32 Å². The van der Waals surface area contributed by atoms with E-state index in [9.17, 15) is 4.79 Å². The summed E-state index contributed by atoms with van der Waals surface area (Å²) in [6.45, 7) is 2.86. The second-order valence-electron chi connectivity index (χ2n) is 3.83. The number of hydrogen-bond acceptors (Lipinski definition) is 2. The molecule has 2 aliphatic rings. The van der Waals surface area contributed by atoms with Gasteiger partial charge in [-0.15, -0.1) is 0 Å². The van der Waals surface area contributed by atoms with Gasteiger partial charge in [0.2, 0.25) is 0 Å². The molecule has 0 radical (unpaired) electrons. The maximum Gasteiger partial charge on any atom is 0.407 e. The molecule has 3 heteroatoms. The zero-order valence-corrected chi connectivity index (χ0v) is 7.43. The third-order valence-corrected chi connectivity index (χ3v) is 2.82. The van der Waals surface area contributed by atoms with E-state index in [1.165, 1.54) is 12.8 Å². The van der Waals surface area contributed by atoms with Gasteiger partial charge >= 0.3 is 6.09 Å². The summed E-state index contributed by atoms with van der Waals surface area (Å²) in [6, 6.07) is 0. The summed E-state index contributed by atoms with van der Waals surface area (Å²) in [5.41, 5.74) is -0.133. The summed E-state index contributed by atoms with van der Waals surface area (Å²) in [5, 5.41) is 2.76. The maximum atomic E-state index is 10.9. The summed E-state index contributed by atoms with van der Waals surface area (Å²) >= 11 is 0. The number of cyclic esters (lactones) is 1. The van der Waals surface area contributed by atoms with E-state index >= 15 is 0 Å². The van der Waals surface area contributed by atoms with Gasteiger partial charge in [0.05, 0.1) is 6.54 Å². The minimum absolute atomic E-state index is 0.133. The minimum atomic E-state index is -0.227. The van der Waals surface area contributed by atoms with Crippen molar-refractivity contribution in [3.8, 4) is 0 Å². The number of nitrogens with one attached hydrogen (secondary N) is 1. The molecule has 1 atom stereocenters. The topological polar surface area (TPSA) is 38.3 Å². The summed E-state index contributed by atoms with van der Waals surface area (Å²) in [5.74, 6) is 0.636. The van der Waals surface area contributed by atoms with Crippen molar-refractivity contribution in [3.63, 3.8) is 0 Å². The van der Waals surface area contributed by atoms with Gasteiger partial charge in [-0.1, -0.05) is 13.3 Å². The molecular weight excluding hydrogens is 154 g/mol. The Bertz CT molecular complexity index is 201. The van der Waals surface area contributed by atoms with Crippen LogP contribution in [0.15, 0.2) is 0 Å². The highest BCUT2D eigenvalue weighted by Crippen LogP contribution is 2.45. The fourth-order valence-electron chi connectivity index (χ4n) is 2.08. The molecule has 68 valence electrons. The second-order valence-corrected chi connectivity index (χ2v) is 3.83. The van der Waals surface area contributed by atoms with Crippen LogP contribution >= 0.6 is 0 Å². The molecule has 0 aromatic heterocycles. The van der Waals surface area contributed by atoms with Crippen LogP contribution in [-0.4, -0.2) is 18.2 Å². The van der Waals surface area contributed by atoms with Crippen molar-refractivity contribution in [2.45, 2.75) is 38.2 Å². The van der Waals surface area contributed by atoms with E-state index in [0.717, 1.165) is 19.4 Å². The number of carbonyl (C=O) groups excluding carboxylic acids is 1. The largest absolute Gasteiger partial charge is 0.441 e. The minimum Gasteiger partial charge on any atom is -0.441 e. The molecular formula is C9H15NO2. The lowest BCUT2D eigenvalue weighted by atomic mass is 9.93. The number of carbonyl (C=O) groups is 1. The molecule has 0 aromatic rings. The highest BCUT2D eigenvalue weighted by atomic mass is 16.6. The van der Waals surface area contributed by atoms with Crippen molar-refractivity contribution in [1.82, 2.24) is 5.32 Å². The number of alkyl carbamates (subject to hydrolysis) is 1.